The Balaban J connectivity index is 1.85. The Morgan fingerprint density at radius 2 is 1.96 bits per heavy atom. The molecule has 0 N–H and O–H groups in total. The molecule has 1 fully saturated rings. The minimum Gasteiger partial charge on any atom is -0.341 e. The summed E-state index contributed by atoms with van der Waals surface area (Å²) in [4.78, 5) is 18.7. The van der Waals surface area contributed by atoms with Crippen molar-refractivity contribution in [2.75, 3.05) is 23.9 Å². The fraction of sp³-hybridized carbons (Fsp3) is 0.412. The summed E-state index contributed by atoms with van der Waals surface area (Å²) in [6, 6.07) is 8.15. The van der Waals surface area contributed by atoms with Crippen LogP contribution in [0, 0.1) is 5.92 Å². The Morgan fingerprint density at radius 3 is 2.56 bits per heavy atom. The van der Waals surface area contributed by atoms with Gasteiger partial charge in [0.2, 0.25) is 5.91 Å². The molecule has 0 saturated carbocycles. The van der Waals surface area contributed by atoms with Crippen LogP contribution in [0.5, 0.6) is 0 Å². The number of rotatable bonds is 5. The molecule has 1 aliphatic rings. The molecule has 25 heavy (non-hydrogen) atoms. The fourth-order valence-corrected chi connectivity index (χ4v) is 5.05. The number of carbonyl (C=O) groups is 1. The number of anilines is 1. The molecule has 0 unspecified atom stereocenters. The Bertz CT molecular complexity index is 799. The van der Waals surface area contributed by atoms with Gasteiger partial charge >= 0.3 is 0 Å². The van der Waals surface area contributed by atoms with Gasteiger partial charge in [0, 0.05) is 24.7 Å². The number of hydrogen-bond acceptors (Lipinski definition) is 5. The third-order valence-corrected chi connectivity index (χ3v) is 7.04. The van der Waals surface area contributed by atoms with Crippen LogP contribution in [0.4, 0.5) is 5.13 Å². The SMILES string of the molecule is CC1CCN(C(=O)CN(c2nccs2)S(=O)(=O)c2ccccc2)CC1. The molecule has 2 aromatic rings. The zero-order valence-corrected chi connectivity index (χ0v) is 15.7. The second-order valence-corrected chi connectivity index (χ2v) is 8.94. The molecule has 3 rings (SSSR count). The topological polar surface area (TPSA) is 70.6 Å². The van der Waals surface area contributed by atoms with E-state index in [2.05, 4.69) is 11.9 Å². The second kappa shape index (κ2) is 7.53. The third kappa shape index (κ3) is 4.01. The first-order valence-corrected chi connectivity index (χ1v) is 10.6. The van der Waals surface area contributed by atoms with Crippen molar-refractivity contribution in [3.63, 3.8) is 0 Å². The van der Waals surface area contributed by atoms with Crippen LogP contribution in [0.1, 0.15) is 19.8 Å². The fourth-order valence-electron chi connectivity index (χ4n) is 2.80. The van der Waals surface area contributed by atoms with E-state index in [9.17, 15) is 13.2 Å². The van der Waals surface area contributed by atoms with Gasteiger partial charge in [-0.05, 0) is 30.9 Å². The number of hydrogen-bond donors (Lipinski definition) is 0. The first-order valence-electron chi connectivity index (χ1n) is 8.23. The Labute approximate surface area is 152 Å². The van der Waals surface area contributed by atoms with E-state index < -0.39 is 10.0 Å². The van der Waals surface area contributed by atoms with Crippen molar-refractivity contribution in [3.05, 3.63) is 41.9 Å². The number of amides is 1. The van der Waals surface area contributed by atoms with Crippen LogP contribution < -0.4 is 4.31 Å². The maximum absolute atomic E-state index is 13.0. The normalized spacial score (nSPS) is 16.0. The van der Waals surface area contributed by atoms with Crippen LogP contribution in [-0.2, 0) is 14.8 Å². The number of carbonyl (C=O) groups excluding carboxylic acids is 1. The summed E-state index contributed by atoms with van der Waals surface area (Å²) in [7, 11) is -3.83. The number of aromatic nitrogens is 1. The first kappa shape index (κ1) is 17.9. The summed E-state index contributed by atoms with van der Waals surface area (Å²) in [5.41, 5.74) is 0. The van der Waals surface area contributed by atoms with Crippen LogP contribution in [-0.4, -0.2) is 43.8 Å². The van der Waals surface area contributed by atoms with Crippen molar-refractivity contribution >= 4 is 32.4 Å². The zero-order chi connectivity index (χ0) is 17.9. The number of thiazole rings is 1. The largest absolute Gasteiger partial charge is 0.341 e. The summed E-state index contributed by atoms with van der Waals surface area (Å²) < 4.78 is 27.2. The molecule has 0 aliphatic carbocycles. The molecule has 0 bridgehead atoms. The molecular weight excluding hydrogens is 358 g/mol. The lowest BCUT2D eigenvalue weighted by Gasteiger charge is -2.32. The monoisotopic (exact) mass is 379 g/mol. The molecule has 1 amide bonds. The van der Waals surface area contributed by atoms with Gasteiger partial charge in [-0.3, -0.25) is 4.79 Å². The quantitative estimate of drug-likeness (QED) is 0.801. The number of benzene rings is 1. The molecule has 0 spiro atoms. The lowest BCUT2D eigenvalue weighted by molar-refractivity contribution is -0.130. The third-order valence-electron chi connectivity index (χ3n) is 4.38. The molecule has 8 heteroatoms. The highest BCUT2D eigenvalue weighted by Crippen LogP contribution is 2.26. The van der Waals surface area contributed by atoms with Gasteiger partial charge < -0.3 is 4.90 Å². The van der Waals surface area contributed by atoms with E-state index in [1.54, 1.807) is 34.7 Å². The molecule has 2 heterocycles. The number of likely N-dealkylation sites (tertiary alicyclic amines) is 1. The van der Waals surface area contributed by atoms with Crippen LogP contribution in [0.25, 0.3) is 0 Å². The average Bonchev–Trinajstić information content (AvgIpc) is 3.15. The van der Waals surface area contributed by atoms with E-state index in [4.69, 9.17) is 0 Å². The standard InChI is InChI=1S/C17H21N3O3S2/c1-14-7-10-19(11-8-14)16(21)13-20(17-18-9-12-24-17)25(22,23)15-5-3-2-4-6-15/h2-6,9,12,14H,7-8,10-11,13H2,1H3. The molecule has 1 saturated heterocycles. The van der Waals surface area contributed by atoms with E-state index in [0.29, 0.717) is 24.1 Å². The average molecular weight is 380 g/mol. The van der Waals surface area contributed by atoms with Crippen molar-refractivity contribution in [1.82, 2.24) is 9.88 Å². The van der Waals surface area contributed by atoms with Crippen molar-refractivity contribution in [2.24, 2.45) is 5.92 Å². The minimum atomic E-state index is -3.83. The summed E-state index contributed by atoms with van der Waals surface area (Å²) in [6.45, 7) is 3.30. The van der Waals surface area contributed by atoms with Gasteiger partial charge in [0.25, 0.3) is 10.0 Å². The molecule has 134 valence electrons. The Kier molecular flexibility index (Phi) is 5.39. The van der Waals surface area contributed by atoms with Crippen molar-refractivity contribution in [3.8, 4) is 0 Å². The van der Waals surface area contributed by atoms with Crippen molar-refractivity contribution < 1.29 is 13.2 Å². The first-order chi connectivity index (χ1) is 12.0. The molecule has 1 aliphatic heterocycles. The number of nitrogens with zero attached hydrogens (tertiary/aromatic N) is 3. The lowest BCUT2D eigenvalue weighted by atomic mass is 9.99. The van der Waals surface area contributed by atoms with Crippen LogP contribution in [0.3, 0.4) is 0 Å². The highest BCUT2D eigenvalue weighted by Gasteiger charge is 2.31. The smallest absolute Gasteiger partial charge is 0.266 e. The van der Waals surface area contributed by atoms with Gasteiger partial charge in [0.05, 0.1) is 4.90 Å². The van der Waals surface area contributed by atoms with Crippen LogP contribution in [0.2, 0.25) is 0 Å². The minimum absolute atomic E-state index is 0.158. The van der Waals surface area contributed by atoms with Gasteiger partial charge in [0.1, 0.15) is 6.54 Å². The highest BCUT2D eigenvalue weighted by molar-refractivity contribution is 7.93. The van der Waals surface area contributed by atoms with Gasteiger partial charge in [-0.15, -0.1) is 11.3 Å². The summed E-state index contributed by atoms with van der Waals surface area (Å²) in [5, 5.41) is 2.01. The van der Waals surface area contributed by atoms with Crippen LogP contribution >= 0.6 is 11.3 Å². The van der Waals surface area contributed by atoms with E-state index >= 15 is 0 Å². The zero-order valence-electron chi connectivity index (χ0n) is 14.0. The van der Waals surface area contributed by atoms with Gasteiger partial charge in [-0.2, -0.15) is 0 Å². The highest BCUT2D eigenvalue weighted by atomic mass is 32.2. The summed E-state index contributed by atoms with van der Waals surface area (Å²) in [5.74, 6) is 0.425. The molecular formula is C17H21N3O3S2. The summed E-state index contributed by atoms with van der Waals surface area (Å²) >= 11 is 1.21. The van der Waals surface area contributed by atoms with Crippen molar-refractivity contribution in [2.45, 2.75) is 24.7 Å². The van der Waals surface area contributed by atoms with E-state index in [1.807, 2.05) is 0 Å². The van der Waals surface area contributed by atoms with Crippen LogP contribution in [0.15, 0.2) is 46.8 Å². The maximum Gasteiger partial charge on any atom is 0.266 e. The Morgan fingerprint density at radius 1 is 1.28 bits per heavy atom. The second-order valence-electron chi connectivity index (χ2n) is 6.20. The molecule has 0 radical (unpaired) electrons. The Hall–Kier alpha value is -1.93. The molecule has 6 nitrogen and oxygen atoms in total. The summed E-state index contributed by atoms with van der Waals surface area (Å²) in [6.07, 6.45) is 3.45. The van der Waals surface area contributed by atoms with E-state index in [0.717, 1.165) is 17.1 Å². The molecule has 1 aromatic heterocycles. The number of piperidine rings is 1. The predicted octanol–water partition coefficient (Wildman–Crippen LogP) is 2.60. The van der Waals surface area contributed by atoms with E-state index in [-0.39, 0.29) is 17.3 Å². The lowest BCUT2D eigenvalue weighted by Crippen LogP contribution is -2.45. The van der Waals surface area contributed by atoms with Gasteiger partial charge in [0.15, 0.2) is 5.13 Å². The maximum atomic E-state index is 13.0. The van der Waals surface area contributed by atoms with Gasteiger partial charge in [-0.25, -0.2) is 17.7 Å². The molecule has 0 atom stereocenters. The predicted molar refractivity (Wildman–Crippen MR) is 98.1 cm³/mol. The van der Waals surface area contributed by atoms with E-state index in [1.165, 1.54) is 23.5 Å². The van der Waals surface area contributed by atoms with Crippen molar-refractivity contribution in [1.29, 1.82) is 0 Å². The number of sulfonamides is 1. The molecule has 1 aromatic carbocycles. The van der Waals surface area contributed by atoms with Gasteiger partial charge in [-0.1, -0.05) is 25.1 Å².